The van der Waals surface area contributed by atoms with Crippen molar-refractivity contribution in [3.63, 3.8) is 0 Å². The molecule has 1 N–H and O–H groups in total. The maximum Gasteiger partial charge on any atom is 0.410 e. The van der Waals surface area contributed by atoms with E-state index < -0.39 is 5.60 Å². The number of anilines is 1. The minimum absolute atomic E-state index is 0.168. The summed E-state index contributed by atoms with van der Waals surface area (Å²) < 4.78 is 7.43. The lowest BCUT2D eigenvalue weighted by Crippen LogP contribution is -2.53. The van der Waals surface area contributed by atoms with E-state index in [1.165, 1.54) is 25.1 Å². The average Bonchev–Trinajstić information content (AvgIpc) is 3.23. The van der Waals surface area contributed by atoms with E-state index in [9.17, 15) is 14.4 Å². The van der Waals surface area contributed by atoms with Crippen molar-refractivity contribution in [2.45, 2.75) is 70.8 Å². The van der Waals surface area contributed by atoms with Crippen LogP contribution in [0.15, 0.2) is 18.2 Å². The highest BCUT2D eigenvalue weighted by Crippen LogP contribution is 2.52. The number of aryl methyl sites for hydroxylation is 1. The van der Waals surface area contributed by atoms with Gasteiger partial charge in [0.1, 0.15) is 5.60 Å². The topological polar surface area (TPSA) is 100 Å². The van der Waals surface area contributed by atoms with Crippen LogP contribution in [-0.2, 0) is 21.4 Å². The van der Waals surface area contributed by atoms with Gasteiger partial charge in [0, 0.05) is 70.4 Å². The van der Waals surface area contributed by atoms with Crippen LogP contribution in [-0.4, -0.2) is 88.9 Å². The van der Waals surface area contributed by atoms with E-state index >= 15 is 0 Å². The molecule has 4 aliphatic rings. The van der Waals surface area contributed by atoms with Crippen molar-refractivity contribution in [1.29, 1.82) is 0 Å². The van der Waals surface area contributed by atoms with E-state index in [0.29, 0.717) is 18.3 Å². The Hall–Kier alpha value is -3.14. The van der Waals surface area contributed by atoms with Gasteiger partial charge in [0.05, 0.1) is 17.1 Å². The minimum Gasteiger partial charge on any atom is -0.444 e. The molecule has 6 rings (SSSR count). The molecule has 1 spiro atoms. The normalized spacial score (nSPS) is 24.0. The Morgan fingerprint density at radius 3 is 2.44 bits per heavy atom. The summed E-state index contributed by atoms with van der Waals surface area (Å²) in [6.45, 7) is 12.7. The first-order valence-corrected chi connectivity index (χ1v) is 15.2. The fourth-order valence-electron chi connectivity index (χ4n) is 7.43. The lowest BCUT2D eigenvalue weighted by molar-refractivity contribution is -0.134. The zero-order chi connectivity index (χ0) is 28.9. The Kier molecular flexibility index (Phi) is 7.24. The molecule has 41 heavy (non-hydrogen) atoms. The lowest BCUT2D eigenvalue weighted by atomic mass is 9.57. The highest BCUT2D eigenvalue weighted by molar-refractivity contribution is 6.02. The number of imide groups is 1. The van der Waals surface area contributed by atoms with Gasteiger partial charge in [0.2, 0.25) is 11.8 Å². The van der Waals surface area contributed by atoms with Gasteiger partial charge in [-0.05, 0) is 82.4 Å². The zero-order valence-corrected chi connectivity index (χ0v) is 24.9. The highest BCUT2D eigenvalue weighted by Gasteiger charge is 2.47. The average molecular weight is 565 g/mol. The fraction of sp³-hybridized carbons (Fsp3) is 0.677. The Balaban J connectivity index is 0.986. The third-order valence-corrected chi connectivity index (χ3v) is 9.61. The van der Waals surface area contributed by atoms with Crippen LogP contribution in [0.4, 0.5) is 10.5 Å². The summed E-state index contributed by atoms with van der Waals surface area (Å²) >= 11 is 0. The van der Waals surface area contributed by atoms with Crippen LogP contribution in [0.2, 0.25) is 0 Å². The van der Waals surface area contributed by atoms with Crippen molar-refractivity contribution in [2.75, 3.05) is 50.7 Å². The molecule has 4 heterocycles. The number of piperidine rings is 2. The fourth-order valence-corrected chi connectivity index (χ4v) is 7.43. The smallest absolute Gasteiger partial charge is 0.410 e. The number of fused-ring (bicyclic) bond motifs is 1. The van der Waals surface area contributed by atoms with Crippen molar-refractivity contribution >= 4 is 34.5 Å². The second-order valence-corrected chi connectivity index (χ2v) is 13.7. The number of benzene rings is 1. The Bertz CT molecular complexity index is 1320. The van der Waals surface area contributed by atoms with Crippen LogP contribution >= 0.6 is 0 Å². The lowest BCUT2D eigenvalue weighted by Gasteiger charge is -2.53. The molecule has 10 nitrogen and oxygen atoms in total. The second-order valence-electron chi connectivity index (χ2n) is 13.7. The number of hydrogen-bond donors (Lipinski definition) is 1. The van der Waals surface area contributed by atoms with Crippen LogP contribution in [0, 0.1) is 11.3 Å². The van der Waals surface area contributed by atoms with Crippen LogP contribution in [0.5, 0.6) is 0 Å². The number of carbonyl (C=O) groups excluding carboxylic acids is 3. The van der Waals surface area contributed by atoms with Crippen LogP contribution in [0.25, 0.3) is 10.9 Å². The Morgan fingerprint density at radius 2 is 1.78 bits per heavy atom. The number of piperazine rings is 1. The molecular formula is C31H44N6O4. The molecule has 0 bridgehead atoms. The van der Waals surface area contributed by atoms with Crippen molar-refractivity contribution in [3.8, 4) is 0 Å². The maximum absolute atomic E-state index is 12.5. The summed E-state index contributed by atoms with van der Waals surface area (Å²) in [6.07, 6.45) is 5.44. The molecule has 10 heteroatoms. The summed E-state index contributed by atoms with van der Waals surface area (Å²) in [6, 6.07) is 6.42. The number of nitrogens with zero attached hydrogens (tertiary/aromatic N) is 5. The Labute approximate surface area is 242 Å². The summed E-state index contributed by atoms with van der Waals surface area (Å²) in [5.41, 5.74) is 2.95. The van der Waals surface area contributed by atoms with Gasteiger partial charge in [-0.2, -0.15) is 5.10 Å². The van der Waals surface area contributed by atoms with Crippen molar-refractivity contribution in [1.82, 2.24) is 24.9 Å². The number of rotatable bonds is 4. The van der Waals surface area contributed by atoms with E-state index in [4.69, 9.17) is 9.84 Å². The van der Waals surface area contributed by atoms with Gasteiger partial charge >= 0.3 is 6.09 Å². The Morgan fingerprint density at radius 1 is 1.07 bits per heavy atom. The van der Waals surface area contributed by atoms with Gasteiger partial charge in [-0.15, -0.1) is 0 Å². The van der Waals surface area contributed by atoms with Crippen molar-refractivity contribution < 1.29 is 19.1 Å². The standard InChI is InChI=1S/C31H44N6O4/c1-30(2,3)41-29(40)37-11-9-31(10-12-37)18-21(19-31)20-35-13-15-36(16-14-35)22-5-6-23-25(17-22)34(4)33-27(23)24-7-8-26(38)32-28(24)39/h5-6,17,21,24H,7-16,18-20H2,1-4H3,(H,32,38,39). The number of amides is 3. The molecular weight excluding hydrogens is 520 g/mol. The number of nitrogens with one attached hydrogen (secondary N) is 1. The first-order valence-electron chi connectivity index (χ1n) is 15.2. The highest BCUT2D eigenvalue weighted by atomic mass is 16.6. The van der Waals surface area contributed by atoms with Crippen molar-refractivity contribution in [3.05, 3.63) is 23.9 Å². The van der Waals surface area contributed by atoms with Gasteiger partial charge in [0.25, 0.3) is 0 Å². The third kappa shape index (κ3) is 5.80. The number of hydrogen-bond acceptors (Lipinski definition) is 7. The molecule has 1 aromatic heterocycles. The van der Waals surface area contributed by atoms with E-state index in [1.807, 2.05) is 37.4 Å². The summed E-state index contributed by atoms with van der Waals surface area (Å²) in [5.74, 6) is -0.0736. The third-order valence-electron chi connectivity index (χ3n) is 9.61. The number of aromatic nitrogens is 2. The molecule has 222 valence electrons. The van der Waals surface area contributed by atoms with Crippen LogP contribution in [0.3, 0.4) is 0 Å². The van der Waals surface area contributed by atoms with Gasteiger partial charge in [0.15, 0.2) is 0 Å². The molecule has 1 atom stereocenters. The van der Waals surface area contributed by atoms with E-state index in [1.54, 1.807) is 0 Å². The van der Waals surface area contributed by atoms with E-state index in [0.717, 1.165) is 74.6 Å². The molecule has 4 fully saturated rings. The van der Waals surface area contributed by atoms with Gasteiger partial charge in [-0.25, -0.2) is 4.79 Å². The molecule has 3 aliphatic heterocycles. The minimum atomic E-state index is -0.440. The van der Waals surface area contributed by atoms with Gasteiger partial charge < -0.3 is 14.5 Å². The SMILES string of the molecule is Cn1nc(C2CCC(=O)NC2=O)c2ccc(N3CCN(CC4CC5(CCN(C(=O)OC(C)(C)C)CC5)C4)CC3)cc21. The predicted octanol–water partition coefficient (Wildman–Crippen LogP) is 3.64. The first kappa shape index (κ1) is 28.0. The van der Waals surface area contributed by atoms with Crippen molar-refractivity contribution in [2.24, 2.45) is 18.4 Å². The second kappa shape index (κ2) is 10.6. The molecule has 2 aromatic rings. The van der Waals surface area contributed by atoms with Crippen LogP contribution < -0.4 is 10.2 Å². The molecule has 3 amide bonds. The summed E-state index contributed by atoms with van der Waals surface area (Å²) in [4.78, 5) is 43.4. The summed E-state index contributed by atoms with van der Waals surface area (Å²) in [7, 11) is 1.92. The monoisotopic (exact) mass is 564 g/mol. The first-order chi connectivity index (χ1) is 19.5. The quantitative estimate of drug-likeness (QED) is 0.566. The van der Waals surface area contributed by atoms with Crippen LogP contribution in [0.1, 0.15) is 70.9 Å². The summed E-state index contributed by atoms with van der Waals surface area (Å²) in [5, 5.41) is 8.14. The van der Waals surface area contributed by atoms with E-state index in [2.05, 4.69) is 33.3 Å². The molecule has 1 aliphatic carbocycles. The number of likely N-dealkylation sites (tertiary alicyclic amines) is 1. The molecule has 3 saturated heterocycles. The molecule has 1 aromatic carbocycles. The molecule has 1 saturated carbocycles. The number of ether oxygens (including phenoxy) is 1. The maximum atomic E-state index is 12.5. The van der Waals surface area contributed by atoms with Gasteiger partial charge in [-0.3, -0.25) is 24.5 Å². The predicted molar refractivity (Wildman–Crippen MR) is 157 cm³/mol. The molecule has 1 unspecified atom stereocenters. The zero-order valence-electron chi connectivity index (χ0n) is 24.9. The van der Waals surface area contributed by atoms with E-state index in [-0.39, 0.29) is 23.8 Å². The number of carbonyl (C=O) groups is 3. The largest absolute Gasteiger partial charge is 0.444 e. The van der Waals surface area contributed by atoms with Gasteiger partial charge in [-0.1, -0.05) is 0 Å². The molecule has 0 radical (unpaired) electrons.